The number of amides is 2. The number of aromatic nitrogens is 2. The quantitative estimate of drug-likeness (QED) is 0.814. The van der Waals surface area contributed by atoms with Gasteiger partial charge in [-0.05, 0) is 19.3 Å². The summed E-state index contributed by atoms with van der Waals surface area (Å²) >= 11 is 7.03. The van der Waals surface area contributed by atoms with Crippen molar-refractivity contribution in [2.24, 2.45) is 0 Å². The van der Waals surface area contributed by atoms with Crippen LogP contribution in [-0.2, 0) is 16.1 Å². The SMILES string of the molecule is O=C1C2CCCCN2C(=O)CN1Cc1nnsc1Cl. The molecule has 2 saturated heterocycles. The number of carbonyl (C=O) groups excluding carboxylic acids is 2. The second-order valence-corrected chi connectivity index (χ2v) is 6.14. The molecule has 0 aliphatic carbocycles. The Labute approximate surface area is 119 Å². The Morgan fingerprint density at radius 1 is 1.37 bits per heavy atom. The Hall–Kier alpha value is -1.21. The number of piperidine rings is 1. The van der Waals surface area contributed by atoms with Crippen molar-refractivity contribution in [2.75, 3.05) is 13.1 Å². The highest BCUT2D eigenvalue weighted by Gasteiger charge is 2.40. The summed E-state index contributed by atoms with van der Waals surface area (Å²) in [4.78, 5) is 27.7. The van der Waals surface area contributed by atoms with E-state index < -0.39 is 0 Å². The van der Waals surface area contributed by atoms with Crippen molar-refractivity contribution in [2.45, 2.75) is 31.8 Å². The van der Waals surface area contributed by atoms with Gasteiger partial charge >= 0.3 is 0 Å². The van der Waals surface area contributed by atoms with E-state index in [1.807, 2.05) is 0 Å². The van der Waals surface area contributed by atoms with Crippen LogP contribution in [0.5, 0.6) is 0 Å². The summed E-state index contributed by atoms with van der Waals surface area (Å²) in [6, 6.07) is -0.291. The topological polar surface area (TPSA) is 66.4 Å². The molecule has 2 aliphatic heterocycles. The minimum Gasteiger partial charge on any atom is -0.329 e. The first kappa shape index (κ1) is 12.8. The van der Waals surface area contributed by atoms with Gasteiger partial charge in [0.15, 0.2) is 0 Å². The van der Waals surface area contributed by atoms with Gasteiger partial charge in [0.1, 0.15) is 22.6 Å². The molecule has 0 N–H and O–H groups in total. The number of halogens is 1. The van der Waals surface area contributed by atoms with E-state index in [0.717, 1.165) is 30.8 Å². The summed E-state index contributed by atoms with van der Waals surface area (Å²) < 4.78 is 4.22. The summed E-state index contributed by atoms with van der Waals surface area (Å²) in [6.45, 7) is 1.08. The maximum atomic E-state index is 12.4. The first-order valence-corrected chi connectivity index (χ1v) is 7.37. The molecule has 2 aliphatic rings. The molecule has 2 amide bonds. The van der Waals surface area contributed by atoms with E-state index in [-0.39, 0.29) is 30.9 Å². The molecule has 2 fully saturated rings. The van der Waals surface area contributed by atoms with Gasteiger partial charge in [0.2, 0.25) is 11.8 Å². The molecule has 3 rings (SSSR count). The van der Waals surface area contributed by atoms with Crippen molar-refractivity contribution >= 4 is 34.9 Å². The summed E-state index contributed by atoms with van der Waals surface area (Å²) in [7, 11) is 0. The molecule has 1 aromatic rings. The molecule has 1 atom stereocenters. The molecule has 1 aromatic heterocycles. The predicted molar refractivity (Wildman–Crippen MR) is 69.7 cm³/mol. The number of piperazine rings is 1. The van der Waals surface area contributed by atoms with E-state index in [4.69, 9.17) is 11.6 Å². The summed E-state index contributed by atoms with van der Waals surface area (Å²) in [5.41, 5.74) is 0.567. The van der Waals surface area contributed by atoms with Gasteiger partial charge in [0, 0.05) is 18.1 Å². The Morgan fingerprint density at radius 3 is 2.95 bits per heavy atom. The number of hydrogen-bond donors (Lipinski definition) is 0. The zero-order valence-corrected chi connectivity index (χ0v) is 11.8. The van der Waals surface area contributed by atoms with Crippen LogP contribution in [0.2, 0.25) is 4.34 Å². The highest BCUT2D eigenvalue weighted by atomic mass is 35.5. The molecule has 3 heterocycles. The fraction of sp³-hybridized carbons (Fsp3) is 0.636. The van der Waals surface area contributed by atoms with Crippen LogP contribution >= 0.6 is 23.1 Å². The van der Waals surface area contributed by atoms with E-state index in [1.165, 1.54) is 4.90 Å². The molecule has 0 radical (unpaired) electrons. The molecule has 6 nitrogen and oxygen atoms in total. The number of rotatable bonds is 2. The number of carbonyl (C=O) groups is 2. The predicted octanol–water partition coefficient (Wildman–Crippen LogP) is 0.915. The normalized spacial score (nSPS) is 23.7. The fourth-order valence-corrected chi connectivity index (χ4v) is 3.25. The van der Waals surface area contributed by atoms with Crippen LogP contribution in [0.4, 0.5) is 0 Å². The minimum absolute atomic E-state index is 0.00312. The zero-order chi connectivity index (χ0) is 13.4. The lowest BCUT2D eigenvalue weighted by molar-refractivity contribution is -0.158. The summed E-state index contributed by atoms with van der Waals surface area (Å²) in [5.74, 6) is 0.0203. The van der Waals surface area contributed by atoms with Crippen molar-refractivity contribution in [1.82, 2.24) is 19.4 Å². The Kier molecular flexibility index (Phi) is 3.40. The van der Waals surface area contributed by atoms with Gasteiger partial charge in [-0.25, -0.2) is 0 Å². The van der Waals surface area contributed by atoms with Gasteiger partial charge in [-0.3, -0.25) is 9.59 Å². The van der Waals surface area contributed by atoms with Crippen LogP contribution in [0.25, 0.3) is 0 Å². The highest BCUT2D eigenvalue weighted by Crippen LogP contribution is 2.25. The third kappa shape index (κ3) is 2.32. The van der Waals surface area contributed by atoms with Crippen LogP contribution in [0, 0.1) is 0 Å². The van der Waals surface area contributed by atoms with Gasteiger partial charge in [-0.1, -0.05) is 16.1 Å². The lowest BCUT2D eigenvalue weighted by Gasteiger charge is -2.42. The average molecular weight is 301 g/mol. The second-order valence-electron chi connectivity index (χ2n) is 4.79. The smallest absolute Gasteiger partial charge is 0.246 e. The molecule has 8 heteroatoms. The van der Waals surface area contributed by atoms with Crippen LogP contribution in [0.1, 0.15) is 25.0 Å². The van der Waals surface area contributed by atoms with Crippen LogP contribution < -0.4 is 0 Å². The van der Waals surface area contributed by atoms with E-state index in [1.54, 1.807) is 4.90 Å². The highest BCUT2D eigenvalue weighted by molar-refractivity contribution is 7.10. The largest absolute Gasteiger partial charge is 0.329 e. The van der Waals surface area contributed by atoms with E-state index >= 15 is 0 Å². The number of hydrogen-bond acceptors (Lipinski definition) is 5. The van der Waals surface area contributed by atoms with Crippen molar-refractivity contribution in [3.05, 3.63) is 10.0 Å². The summed E-state index contributed by atoms with van der Waals surface area (Å²) in [6.07, 6.45) is 2.73. The van der Waals surface area contributed by atoms with Gasteiger partial charge in [-0.15, -0.1) is 5.10 Å². The number of fused-ring (bicyclic) bond motifs is 1. The van der Waals surface area contributed by atoms with Gasteiger partial charge < -0.3 is 9.80 Å². The number of nitrogens with zero attached hydrogens (tertiary/aromatic N) is 4. The van der Waals surface area contributed by atoms with Crippen LogP contribution in [0.3, 0.4) is 0 Å². The maximum Gasteiger partial charge on any atom is 0.246 e. The van der Waals surface area contributed by atoms with E-state index in [2.05, 4.69) is 9.59 Å². The van der Waals surface area contributed by atoms with Gasteiger partial charge in [0.25, 0.3) is 0 Å². The molecular formula is C11H13ClN4O2S. The maximum absolute atomic E-state index is 12.4. The Morgan fingerprint density at radius 2 is 2.21 bits per heavy atom. The van der Waals surface area contributed by atoms with E-state index in [9.17, 15) is 9.59 Å². The van der Waals surface area contributed by atoms with Crippen molar-refractivity contribution < 1.29 is 9.59 Å². The van der Waals surface area contributed by atoms with E-state index in [0.29, 0.717) is 16.6 Å². The van der Waals surface area contributed by atoms with Crippen LogP contribution in [0.15, 0.2) is 0 Å². The standard InChI is InChI=1S/C11H13ClN4O2S/c12-10-7(13-14-19-10)5-15-6-9(17)16-4-2-1-3-8(16)11(15)18/h8H,1-6H2. The lowest BCUT2D eigenvalue weighted by Crippen LogP contribution is -2.60. The van der Waals surface area contributed by atoms with Crippen molar-refractivity contribution in [1.29, 1.82) is 0 Å². The average Bonchev–Trinajstić information content (AvgIpc) is 2.81. The zero-order valence-electron chi connectivity index (χ0n) is 10.2. The Balaban J connectivity index is 1.78. The molecule has 1 unspecified atom stereocenters. The minimum atomic E-state index is -0.291. The molecule has 0 bridgehead atoms. The Bertz CT molecular complexity index is 521. The first-order valence-electron chi connectivity index (χ1n) is 6.22. The molecule has 0 saturated carbocycles. The fourth-order valence-electron chi connectivity index (χ4n) is 2.64. The second kappa shape index (κ2) is 5.05. The van der Waals surface area contributed by atoms with Crippen LogP contribution in [-0.4, -0.2) is 50.3 Å². The third-order valence-electron chi connectivity index (χ3n) is 3.60. The van der Waals surface area contributed by atoms with Gasteiger partial charge in [-0.2, -0.15) is 0 Å². The third-order valence-corrected chi connectivity index (χ3v) is 4.58. The molecular weight excluding hydrogens is 288 g/mol. The van der Waals surface area contributed by atoms with Crippen molar-refractivity contribution in [3.63, 3.8) is 0 Å². The van der Waals surface area contributed by atoms with Crippen molar-refractivity contribution in [3.8, 4) is 0 Å². The van der Waals surface area contributed by atoms with Gasteiger partial charge in [0.05, 0.1) is 6.54 Å². The monoisotopic (exact) mass is 300 g/mol. The summed E-state index contributed by atoms with van der Waals surface area (Å²) in [5, 5.41) is 3.89. The first-order chi connectivity index (χ1) is 9.16. The molecule has 0 aromatic carbocycles. The molecule has 19 heavy (non-hydrogen) atoms. The lowest BCUT2D eigenvalue weighted by atomic mass is 9.98. The molecule has 102 valence electrons. The molecule has 0 spiro atoms.